The van der Waals surface area contributed by atoms with E-state index in [9.17, 15) is 0 Å². The smallest absolute Gasteiger partial charge is 0.231 e. The molecule has 2 heterocycles. The zero-order valence-electron chi connectivity index (χ0n) is 18.1. The second-order valence-corrected chi connectivity index (χ2v) is 10.1. The highest BCUT2D eigenvalue weighted by molar-refractivity contribution is 7.99. The molecule has 0 aliphatic carbocycles. The van der Waals surface area contributed by atoms with Gasteiger partial charge in [-0.2, -0.15) is 23.5 Å². The standard InChI is InChI=1S/C24H30O5S2/c1-17(19-3-5-21-23(11-19)28-15-26-21)13-30-9-7-25-8-10-31-14-18(2)20-4-6-22-24(12-20)29-16-27-22/h3-6,11-12,17-18H,7-10,13-16H2,1-2H3. The third-order valence-corrected chi connectivity index (χ3v) is 7.79. The van der Waals surface area contributed by atoms with E-state index in [2.05, 4.69) is 38.1 Å². The number of thioether (sulfide) groups is 2. The molecule has 2 atom stereocenters. The first-order chi connectivity index (χ1) is 15.2. The molecule has 0 saturated heterocycles. The van der Waals surface area contributed by atoms with Gasteiger partial charge in [-0.1, -0.05) is 26.0 Å². The highest BCUT2D eigenvalue weighted by atomic mass is 32.2. The first-order valence-corrected chi connectivity index (χ1v) is 13.0. The molecular formula is C24H30O5S2. The number of fused-ring (bicyclic) bond motifs is 2. The summed E-state index contributed by atoms with van der Waals surface area (Å²) in [6, 6.07) is 12.5. The van der Waals surface area contributed by atoms with Crippen molar-refractivity contribution in [2.24, 2.45) is 0 Å². The third kappa shape index (κ3) is 6.18. The molecule has 0 spiro atoms. The van der Waals surface area contributed by atoms with Crippen molar-refractivity contribution >= 4 is 23.5 Å². The average molecular weight is 463 g/mol. The van der Waals surface area contributed by atoms with Gasteiger partial charge in [0.15, 0.2) is 23.0 Å². The number of rotatable bonds is 12. The molecule has 0 aromatic heterocycles. The van der Waals surface area contributed by atoms with Crippen molar-refractivity contribution in [3.05, 3.63) is 47.5 Å². The molecule has 5 nitrogen and oxygen atoms in total. The molecule has 168 valence electrons. The molecular weight excluding hydrogens is 432 g/mol. The minimum absolute atomic E-state index is 0.328. The fraction of sp³-hybridized carbons (Fsp3) is 0.500. The van der Waals surface area contributed by atoms with E-state index in [1.54, 1.807) is 0 Å². The largest absolute Gasteiger partial charge is 0.454 e. The van der Waals surface area contributed by atoms with Crippen LogP contribution in [0.15, 0.2) is 36.4 Å². The van der Waals surface area contributed by atoms with E-state index in [1.807, 2.05) is 35.7 Å². The lowest BCUT2D eigenvalue weighted by Crippen LogP contribution is -2.05. The Hall–Kier alpha value is -1.70. The highest BCUT2D eigenvalue weighted by Crippen LogP contribution is 2.36. The van der Waals surface area contributed by atoms with Gasteiger partial charge >= 0.3 is 0 Å². The van der Waals surface area contributed by atoms with E-state index < -0.39 is 0 Å². The van der Waals surface area contributed by atoms with Crippen LogP contribution < -0.4 is 18.9 Å². The van der Waals surface area contributed by atoms with E-state index in [4.69, 9.17) is 23.7 Å². The fourth-order valence-corrected chi connectivity index (χ4v) is 5.39. The van der Waals surface area contributed by atoms with Gasteiger partial charge in [-0.05, 0) is 58.7 Å². The highest BCUT2D eigenvalue weighted by Gasteiger charge is 2.17. The van der Waals surface area contributed by atoms with Crippen LogP contribution in [0.2, 0.25) is 0 Å². The fourth-order valence-electron chi connectivity index (χ4n) is 3.49. The summed E-state index contributed by atoms with van der Waals surface area (Å²) < 4.78 is 27.5. The predicted octanol–water partition coefficient (Wildman–Crippen LogP) is 5.53. The number of benzene rings is 2. The maximum atomic E-state index is 5.81. The van der Waals surface area contributed by atoms with E-state index in [0.29, 0.717) is 25.4 Å². The lowest BCUT2D eigenvalue weighted by molar-refractivity contribution is 0.167. The van der Waals surface area contributed by atoms with Crippen LogP contribution in [0.4, 0.5) is 0 Å². The Labute approximate surface area is 193 Å². The minimum atomic E-state index is 0.328. The van der Waals surface area contributed by atoms with Crippen LogP contribution in [0.3, 0.4) is 0 Å². The molecule has 0 bridgehead atoms. The Bertz CT molecular complexity index is 790. The van der Waals surface area contributed by atoms with E-state index in [0.717, 1.165) is 59.2 Å². The Morgan fingerprint density at radius 2 is 1.16 bits per heavy atom. The topological polar surface area (TPSA) is 46.2 Å². The van der Waals surface area contributed by atoms with Gasteiger partial charge in [-0.3, -0.25) is 0 Å². The molecule has 2 aromatic rings. The normalized spacial score (nSPS) is 15.8. The molecule has 0 saturated carbocycles. The van der Waals surface area contributed by atoms with Gasteiger partial charge in [0.2, 0.25) is 13.6 Å². The lowest BCUT2D eigenvalue weighted by atomic mass is 10.0. The summed E-state index contributed by atoms with van der Waals surface area (Å²) in [6.07, 6.45) is 0. The molecule has 2 aliphatic heterocycles. The molecule has 2 aliphatic rings. The summed E-state index contributed by atoms with van der Waals surface area (Å²) >= 11 is 3.88. The first-order valence-electron chi connectivity index (χ1n) is 10.7. The van der Waals surface area contributed by atoms with Gasteiger partial charge in [-0.15, -0.1) is 0 Å². The third-order valence-electron chi connectivity index (χ3n) is 5.41. The molecule has 0 N–H and O–H groups in total. The van der Waals surface area contributed by atoms with E-state index in [-0.39, 0.29) is 0 Å². The molecule has 2 unspecified atom stereocenters. The van der Waals surface area contributed by atoms with Crippen LogP contribution >= 0.6 is 23.5 Å². The average Bonchev–Trinajstić information content (AvgIpc) is 3.45. The summed E-state index contributed by atoms with van der Waals surface area (Å²) in [5, 5.41) is 0. The van der Waals surface area contributed by atoms with Crippen LogP contribution in [-0.4, -0.2) is 49.8 Å². The molecule has 31 heavy (non-hydrogen) atoms. The second kappa shape index (κ2) is 11.2. The number of hydrogen-bond acceptors (Lipinski definition) is 7. The van der Waals surface area contributed by atoms with Crippen molar-refractivity contribution in [2.45, 2.75) is 25.7 Å². The van der Waals surface area contributed by atoms with Gasteiger partial charge in [-0.25, -0.2) is 0 Å². The van der Waals surface area contributed by atoms with Crippen molar-refractivity contribution in [3.63, 3.8) is 0 Å². The Morgan fingerprint density at radius 1 is 0.710 bits per heavy atom. The van der Waals surface area contributed by atoms with Gasteiger partial charge in [0.05, 0.1) is 13.2 Å². The summed E-state index contributed by atoms with van der Waals surface area (Å²) in [4.78, 5) is 0. The van der Waals surface area contributed by atoms with Crippen LogP contribution in [0.5, 0.6) is 23.0 Å². The Morgan fingerprint density at radius 3 is 1.65 bits per heavy atom. The second-order valence-electron chi connectivity index (χ2n) is 7.79. The van der Waals surface area contributed by atoms with Crippen molar-refractivity contribution in [1.29, 1.82) is 0 Å². The van der Waals surface area contributed by atoms with Crippen LogP contribution in [-0.2, 0) is 4.74 Å². The number of ether oxygens (including phenoxy) is 5. The summed E-state index contributed by atoms with van der Waals surface area (Å²) in [5.41, 5.74) is 2.59. The SMILES string of the molecule is CC(CSCCOCCSCC(C)c1ccc2c(c1)OCO2)c1ccc2c(c1)OCO2. The van der Waals surface area contributed by atoms with E-state index in [1.165, 1.54) is 11.1 Å². The Balaban J connectivity index is 1.03. The molecule has 2 aromatic carbocycles. The van der Waals surface area contributed by atoms with Gasteiger partial charge < -0.3 is 23.7 Å². The molecule has 4 rings (SSSR count). The molecule has 0 fully saturated rings. The minimum Gasteiger partial charge on any atom is -0.454 e. The Kier molecular flexibility index (Phi) is 8.16. The van der Waals surface area contributed by atoms with Crippen LogP contribution in [0.1, 0.15) is 36.8 Å². The predicted molar refractivity (Wildman–Crippen MR) is 127 cm³/mol. The lowest BCUT2D eigenvalue weighted by Gasteiger charge is -2.13. The van der Waals surface area contributed by atoms with Crippen molar-refractivity contribution in [3.8, 4) is 23.0 Å². The molecule has 7 heteroatoms. The number of hydrogen-bond donors (Lipinski definition) is 0. The maximum absolute atomic E-state index is 5.81. The van der Waals surface area contributed by atoms with Crippen molar-refractivity contribution in [2.75, 3.05) is 49.8 Å². The molecule has 0 amide bonds. The van der Waals surface area contributed by atoms with Gasteiger partial charge in [0.25, 0.3) is 0 Å². The van der Waals surface area contributed by atoms with Gasteiger partial charge in [0.1, 0.15) is 0 Å². The van der Waals surface area contributed by atoms with Crippen LogP contribution in [0, 0.1) is 0 Å². The summed E-state index contributed by atoms with van der Waals surface area (Å²) in [7, 11) is 0. The van der Waals surface area contributed by atoms with Crippen LogP contribution in [0.25, 0.3) is 0 Å². The van der Waals surface area contributed by atoms with E-state index >= 15 is 0 Å². The molecule has 0 radical (unpaired) electrons. The zero-order chi connectivity index (χ0) is 21.5. The summed E-state index contributed by atoms with van der Waals surface area (Å²) in [6.45, 7) is 6.77. The van der Waals surface area contributed by atoms with Gasteiger partial charge in [0, 0.05) is 11.5 Å². The monoisotopic (exact) mass is 462 g/mol. The summed E-state index contributed by atoms with van der Waals surface area (Å²) in [5.74, 6) is 8.57. The first kappa shape index (κ1) is 22.5. The zero-order valence-corrected chi connectivity index (χ0v) is 19.8. The quantitative estimate of drug-likeness (QED) is 0.384. The van der Waals surface area contributed by atoms with Crippen molar-refractivity contribution < 1.29 is 23.7 Å². The van der Waals surface area contributed by atoms with Crippen molar-refractivity contribution in [1.82, 2.24) is 0 Å². The maximum Gasteiger partial charge on any atom is 0.231 e.